The highest BCUT2D eigenvalue weighted by Gasteiger charge is 2.31. The molecule has 2 heterocycles. The second-order valence-electron chi connectivity index (χ2n) is 5.44. The normalized spacial score (nSPS) is 22.1. The molecule has 0 bridgehead atoms. The molecule has 0 amide bonds. The monoisotopic (exact) mass is 308 g/mol. The Labute approximate surface area is 133 Å². The highest BCUT2D eigenvalue weighted by Crippen LogP contribution is 2.37. The van der Waals surface area contributed by atoms with Gasteiger partial charge in [0.05, 0.1) is 0 Å². The lowest BCUT2D eigenvalue weighted by molar-refractivity contribution is 0.174. The van der Waals surface area contributed by atoms with Gasteiger partial charge in [0.2, 0.25) is 6.79 Å². The van der Waals surface area contributed by atoms with Crippen molar-refractivity contribution in [1.82, 2.24) is 5.32 Å². The number of benzene rings is 2. The van der Waals surface area contributed by atoms with Crippen LogP contribution in [0.25, 0.3) is 5.70 Å². The number of nitrogens with two attached hydrogens (primary N) is 2. The van der Waals surface area contributed by atoms with Gasteiger partial charge in [-0.1, -0.05) is 36.4 Å². The minimum Gasteiger partial charge on any atom is -0.454 e. The molecule has 0 aliphatic carbocycles. The zero-order valence-electron chi connectivity index (χ0n) is 12.3. The first-order valence-electron chi connectivity index (χ1n) is 7.24. The van der Waals surface area contributed by atoms with Crippen molar-refractivity contribution in [2.75, 3.05) is 6.79 Å². The van der Waals surface area contributed by atoms with Crippen molar-refractivity contribution in [2.45, 2.75) is 5.66 Å². The average Bonchev–Trinajstić information content (AvgIpc) is 3.02. The fourth-order valence-electron chi connectivity index (χ4n) is 2.72. The Hall–Kier alpha value is -2.99. The summed E-state index contributed by atoms with van der Waals surface area (Å²) in [6, 6.07) is 15.4. The van der Waals surface area contributed by atoms with Gasteiger partial charge in [0, 0.05) is 11.3 Å². The van der Waals surface area contributed by atoms with Crippen LogP contribution >= 0.6 is 0 Å². The molecular weight excluding hydrogens is 292 g/mol. The molecule has 0 saturated carbocycles. The Balaban J connectivity index is 1.79. The summed E-state index contributed by atoms with van der Waals surface area (Å²) in [6.45, 7) is 0.217. The average molecular weight is 308 g/mol. The highest BCUT2D eigenvalue weighted by atomic mass is 16.7. The molecule has 4 rings (SSSR count). The molecule has 2 aromatic carbocycles. The fourth-order valence-corrected chi connectivity index (χ4v) is 2.72. The SMILES string of the molecule is NC1=NC(N)(c2ccc3c(c2)OCO3)C=C(c2ccccc2)N1. The molecule has 1 unspecified atom stereocenters. The van der Waals surface area contributed by atoms with Crippen molar-refractivity contribution >= 4 is 11.7 Å². The zero-order chi connectivity index (χ0) is 15.9. The molecule has 116 valence electrons. The summed E-state index contributed by atoms with van der Waals surface area (Å²) in [5.74, 6) is 1.64. The van der Waals surface area contributed by atoms with Gasteiger partial charge in [-0.15, -0.1) is 0 Å². The van der Waals surface area contributed by atoms with E-state index in [2.05, 4.69) is 10.3 Å². The van der Waals surface area contributed by atoms with Crippen LogP contribution in [0.1, 0.15) is 11.1 Å². The molecule has 6 nitrogen and oxygen atoms in total. The van der Waals surface area contributed by atoms with E-state index in [4.69, 9.17) is 20.9 Å². The van der Waals surface area contributed by atoms with E-state index in [1.165, 1.54) is 0 Å². The molecule has 5 N–H and O–H groups in total. The summed E-state index contributed by atoms with van der Waals surface area (Å²) in [6.07, 6.45) is 1.86. The molecule has 0 spiro atoms. The van der Waals surface area contributed by atoms with Gasteiger partial charge >= 0.3 is 0 Å². The Kier molecular flexibility index (Phi) is 2.99. The maximum absolute atomic E-state index is 6.51. The first kappa shape index (κ1) is 13.7. The summed E-state index contributed by atoms with van der Waals surface area (Å²) in [4.78, 5) is 4.37. The van der Waals surface area contributed by atoms with Crippen LogP contribution in [-0.2, 0) is 5.66 Å². The van der Waals surface area contributed by atoms with E-state index in [1.807, 2.05) is 54.6 Å². The standard InChI is InChI=1S/C17H16N4O2/c18-16-20-13(11-4-2-1-3-5-11)9-17(19,21-16)12-6-7-14-15(8-12)23-10-22-14/h1-9H,10,19H2,(H3,18,20,21). The van der Waals surface area contributed by atoms with E-state index in [-0.39, 0.29) is 12.8 Å². The van der Waals surface area contributed by atoms with Gasteiger partial charge in [-0.2, -0.15) is 0 Å². The van der Waals surface area contributed by atoms with Crippen LogP contribution < -0.4 is 26.3 Å². The van der Waals surface area contributed by atoms with E-state index in [1.54, 1.807) is 0 Å². The molecule has 0 radical (unpaired) electrons. The molecule has 1 atom stereocenters. The van der Waals surface area contributed by atoms with Crippen molar-refractivity contribution in [2.24, 2.45) is 16.5 Å². The number of aliphatic imine (C=N–C) groups is 1. The van der Waals surface area contributed by atoms with Crippen LogP contribution in [0.4, 0.5) is 0 Å². The molecule has 23 heavy (non-hydrogen) atoms. The van der Waals surface area contributed by atoms with Gasteiger partial charge in [-0.05, 0) is 23.8 Å². The summed E-state index contributed by atoms with van der Waals surface area (Å²) >= 11 is 0. The smallest absolute Gasteiger partial charge is 0.231 e. The Morgan fingerprint density at radius 3 is 2.65 bits per heavy atom. The zero-order valence-corrected chi connectivity index (χ0v) is 12.3. The van der Waals surface area contributed by atoms with Crippen molar-refractivity contribution in [1.29, 1.82) is 0 Å². The quantitative estimate of drug-likeness (QED) is 0.781. The minimum absolute atomic E-state index is 0.217. The second kappa shape index (κ2) is 5.03. The Morgan fingerprint density at radius 2 is 1.83 bits per heavy atom. The van der Waals surface area contributed by atoms with Gasteiger partial charge in [0.25, 0.3) is 0 Å². The number of rotatable bonds is 2. The lowest BCUT2D eigenvalue weighted by atomic mass is 9.96. The van der Waals surface area contributed by atoms with Crippen LogP contribution in [0, 0.1) is 0 Å². The first-order valence-corrected chi connectivity index (χ1v) is 7.24. The van der Waals surface area contributed by atoms with Gasteiger partial charge in [0.15, 0.2) is 23.1 Å². The maximum atomic E-state index is 6.51. The number of guanidine groups is 1. The van der Waals surface area contributed by atoms with Gasteiger partial charge in [0.1, 0.15) is 0 Å². The molecule has 2 aliphatic rings. The lowest BCUT2D eigenvalue weighted by Gasteiger charge is -2.29. The van der Waals surface area contributed by atoms with Crippen LogP contribution in [-0.4, -0.2) is 12.8 Å². The number of ether oxygens (including phenoxy) is 2. The number of fused-ring (bicyclic) bond motifs is 1. The summed E-state index contributed by atoms with van der Waals surface area (Å²) < 4.78 is 10.8. The molecule has 0 saturated heterocycles. The van der Waals surface area contributed by atoms with E-state index >= 15 is 0 Å². The predicted molar refractivity (Wildman–Crippen MR) is 87.6 cm³/mol. The van der Waals surface area contributed by atoms with Crippen molar-refractivity contribution < 1.29 is 9.47 Å². The van der Waals surface area contributed by atoms with Crippen LogP contribution in [0.3, 0.4) is 0 Å². The van der Waals surface area contributed by atoms with E-state index < -0.39 is 5.66 Å². The second-order valence-corrected chi connectivity index (χ2v) is 5.44. The molecule has 0 aromatic heterocycles. The third-order valence-electron chi connectivity index (χ3n) is 3.85. The minimum atomic E-state index is -1.07. The Bertz CT molecular complexity index is 817. The van der Waals surface area contributed by atoms with Crippen LogP contribution in [0.5, 0.6) is 11.5 Å². The largest absolute Gasteiger partial charge is 0.454 e. The lowest BCUT2D eigenvalue weighted by Crippen LogP contribution is -2.44. The summed E-state index contributed by atoms with van der Waals surface area (Å²) in [5.41, 5.74) is 14.0. The molecule has 6 heteroatoms. The number of nitrogens with zero attached hydrogens (tertiary/aromatic N) is 1. The summed E-state index contributed by atoms with van der Waals surface area (Å²) in [5, 5.41) is 3.06. The van der Waals surface area contributed by atoms with Crippen molar-refractivity contribution in [3.8, 4) is 11.5 Å². The van der Waals surface area contributed by atoms with E-state index in [9.17, 15) is 0 Å². The van der Waals surface area contributed by atoms with E-state index in [0.29, 0.717) is 11.5 Å². The third-order valence-corrected chi connectivity index (χ3v) is 3.85. The first-order chi connectivity index (χ1) is 11.1. The van der Waals surface area contributed by atoms with Gasteiger partial charge < -0.3 is 20.5 Å². The third kappa shape index (κ3) is 2.39. The predicted octanol–water partition coefficient (Wildman–Crippen LogP) is 1.49. The van der Waals surface area contributed by atoms with Crippen LogP contribution in [0.15, 0.2) is 59.6 Å². The fraction of sp³-hybridized carbons (Fsp3) is 0.118. The van der Waals surface area contributed by atoms with Crippen molar-refractivity contribution in [3.05, 3.63) is 65.7 Å². The number of hydrogen-bond donors (Lipinski definition) is 3. The summed E-state index contributed by atoms with van der Waals surface area (Å²) in [7, 11) is 0. The Morgan fingerprint density at radius 1 is 1.04 bits per heavy atom. The molecule has 0 fully saturated rings. The molecule has 2 aliphatic heterocycles. The number of hydrogen-bond acceptors (Lipinski definition) is 6. The van der Waals surface area contributed by atoms with Crippen LogP contribution in [0.2, 0.25) is 0 Å². The van der Waals surface area contributed by atoms with Gasteiger partial charge in [-0.25, -0.2) is 4.99 Å². The maximum Gasteiger partial charge on any atom is 0.231 e. The molecular formula is C17H16N4O2. The van der Waals surface area contributed by atoms with Crippen molar-refractivity contribution in [3.63, 3.8) is 0 Å². The highest BCUT2D eigenvalue weighted by molar-refractivity contribution is 5.90. The molecule has 2 aromatic rings. The van der Waals surface area contributed by atoms with Gasteiger partial charge in [-0.3, -0.25) is 5.73 Å². The van der Waals surface area contributed by atoms with E-state index in [0.717, 1.165) is 16.8 Å². The topological polar surface area (TPSA) is 94.9 Å². The number of nitrogens with one attached hydrogen (secondary N) is 1.